The maximum atomic E-state index is 14.2. The van der Waals surface area contributed by atoms with Crippen LogP contribution in [0.1, 0.15) is 11.1 Å². The van der Waals surface area contributed by atoms with Gasteiger partial charge in [0.25, 0.3) is 0 Å². The van der Waals surface area contributed by atoms with Crippen LogP contribution < -0.4 is 5.76 Å². The largest absolute Gasteiger partial charge is 0.424 e. The molecule has 0 aliphatic rings. The van der Waals surface area contributed by atoms with E-state index in [1.54, 1.807) is 6.07 Å². The molecule has 5 nitrogen and oxygen atoms in total. The zero-order valence-corrected chi connectivity index (χ0v) is 14.7. The van der Waals surface area contributed by atoms with Crippen LogP contribution in [0.3, 0.4) is 0 Å². The number of sulfone groups is 1. The number of benzene rings is 2. The fraction of sp³-hybridized carbons (Fsp3) is 0.167. The van der Waals surface area contributed by atoms with E-state index in [-0.39, 0.29) is 4.90 Å². The normalized spacial score (nSPS) is 11.7. The standard InChI is InChI=1S/C18H16FNO4S/c1-11-4-6-14(8-12(11)2)20-16(10-24-18(20)21)13-5-7-17(15(19)9-13)25(3,22)23/h4-10H,1-3H3. The summed E-state index contributed by atoms with van der Waals surface area (Å²) in [6, 6.07) is 9.18. The molecular formula is C18H16FNO4S. The van der Waals surface area contributed by atoms with Gasteiger partial charge in [0.2, 0.25) is 0 Å². The third kappa shape index (κ3) is 3.15. The Morgan fingerprint density at radius 3 is 2.36 bits per heavy atom. The summed E-state index contributed by atoms with van der Waals surface area (Å²) in [5.41, 5.74) is 3.34. The number of hydrogen-bond donors (Lipinski definition) is 0. The van der Waals surface area contributed by atoms with E-state index in [0.717, 1.165) is 23.4 Å². The van der Waals surface area contributed by atoms with Gasteiger partial charge < -0.3 is 4.42 Å². The predicted octanol–water partition coefficient (Wildman–Crippen LogP) is 3.26. The summed E-state index contributed by atoms with van der Waals surface area (Å²) in [6.07, 6.45) is 2.17. The average molecular weight is 361 g/mol. The van der Waals surface area contributed by atoms with E-state index in [1.807, 2.05) is 26.0 Å². The van der Waals surface area contributed by atoms with E-state index in [2.05, 4.69) is 0 Å². The Balaban J connectivity index is 2.19. The van der Waals surface area contributed by atoms with Crippen LogP contribution in [0.15, 0.2) is 56.8 Å². The third-order valence-electron chi connectivity index (χ3n) is 4.07. The van der Waals surface area contributed by atoms with E-state index in [9.17, 15) is 17.6 Å². The Hall–Kier alpha value is -2.67. The molecule has 25 heavy (non-hydrogen) atoms. The highest BCUT2D eigenvalue weighted by molar-refractivity contribution is 7.90. The molecule has 3 aromatic rings. The first-order valence-electron chi connectivity index (χ1n) is 7.46. The monoisotopic (exact) mass is 361 g/mol. The Morgan fingerprint density at radius 1 is 1.04 bits per heavy atom. The summed E-state index contributed by atoms with van der Waals surface area (Å²) in [7, 11) is -3.67. The van der Waals surface area contributed by atoms with Crippen molar-refractivity contribution in [2.24, 2.45) is 0 Å². The zero-order valence-electron chi connectivity index (χ0n) is 13.9. The van der Waals surface area contributed by atoms with Crippen molar-refractivity contribution in [2.45, 2.75) is 18.7 Å². The molecule has 0 radical (unpaired) electrons. The van der Waals surface area contributed by atoms with Crippen LogP contribution in [0.25, 0.3) is 16.9 Å². The second-order valence-electron chi connectivity index (χ2n) is 5.91. The van der Waals surface area contributed by atoms with E-state index in [1.165, 1.54) is 23.0 Å². The fourth-order valence-corrected chi connectivity index (χ4v) is 3.31. The van der Waals surface area contributed by atoms with Crippen molar-refractivity contribution in [1.82, 2.24) is 4.57 Å². The molecule has 0 aliphatic heterocycles. The quantitative estimate of drug-likeness (QED) is 0.718. The second-order valence-corrected chi connectivity index (χ2v) is 7.89. The molecule has 7 heteroatoms. The summed E-state index contributed by atoms with van der Waals surface area (Å²) >= 11 is 0. The summed E-state index contributed by atoms with van der Waals surface area (Å²) < 4.78 is 43.6. The van der Waals surface area contributed by atoms with Gasteiger partial charge in [0.05, 0.1) is 11.4 Å². The molecular weight excluding hydrogens is 345 g/mol. The SMILES string of the molecule is Cc1ccc(-n2c(-c3ccc(S(C)(=O)=O)c(F)c3)coc2=O)cc1C. The maximum absolute atomic E-state index is 14.2. The molecule has 1 heterocycles. The summed E-state index contributed by atoms with van der Waals surface area (Å²) in [4.78, 5) is 11.7. The molecule has 0 aliphatic carbocycles. The molecule has 0 amide bonds. The lowest BCUT2D eigenvalue weighted by Crippen LogP contribution is -2.13. The second kappa shape index (κ2) is 6.00. The van der Waals surface area contributed by atoms with Crippen LogP contribution in [-0.4, -0.2) is 19.2 Å². The molecule has 0 atom stereocenters. The van der Waals surface area contributed by atoms with Gasteiger partial charge in [-0.15, -0.1) is 0 Å². The van der Waals surface area contributed by atoms with Crippen LogP contribution in [0, 0.1) is 19.7 Å². The summed E-state index contributed by atoms with van der Waals surface area (Å²) in [6.45, 7) is 3.88. The maximum Gasteiger partial charge on any atom is 0.424 e. The van der Waals surface area contributed by atoms with Gasteiger partial charge >= 0.3 is 5.76 Å². The Labute approximate surface area is 144 Å². The van der Waals surface area contributed by atoms with Crippen LogP contribution in [0.4, 0.5) is 4.39 Å². The van der Waals surface area contributed by atoms with Crippen molar-refractivity contribution < 1.29 is 17.2 Å². The van der Waals surface area contributed by atoms with Gasteiger partial charge in [-0.3, -0.25) is 0 Å². The highest BCUT2D eigenvalue weighted by Gasteiger charge is 2.18. The van der Waals surface area contributed by atoms with Gasteiger partial charge in [-0.25, -0.2) is 22.2 Å². The number of halogens is 1. The van der Waals surface area contributed by atoms with Crippen LogP contribution in [0.2, 0.25) is 0 Å². The van der Waals surface area contributed by atoms with Gasteiger partial charge in [0, 0.05) is 11.8 Å². The average Bonchev–Trinajstić information content (AvgIpc) is 2.90. The van der Waals surface area contributed by atoms with Gasteiger partial charge in [0.15, 0.2) is 9.84 Å². The Bertz CT molecular complexity index is 1130. The molecule has 0 spiro atoms. The lowest BCUT2D eigenvalue weighted by atomic mass is 10.1. The third-order valence-corrected chi connectivity index (χ3v) is 5.20. The highest BCUT2D eigenvalue weighted by Crippen LogP contribution is 2.26. The molecule has 2 aromatic carbocycles. The molecule has 0 N–H and O–H groups in total. The van der Waals surface area contributed by atoms with E-state index >= 15 is 0 Å². The van der Waals surface area contributed by atoms with E-state index in [4.69, 9.17) is 4.42 Å². The number of rotatable bonds is 3. The fourth-order valence-electron chi connectivity index (χ4n) is 2.58. The zero-order chi connectivity index (χ0) is 18.4. The lowest BCUT2D eigenvalue weighted by molar-refractivity contribution is 0.504. The van der Waals surface area contributed by atoms with Crippen molar-refractivity contribution in [1.29, 1.82) is 0 Å². The minimum Gasteiger partial charge on any atom is -0.415 e. The summed E-state index contributed by atoms with van der Waals surface area (Å²) in [5.74, 6) is -1.48. The molecule has 1 aromatic heterocycles. The predicted molar refractivity (Wildman–Crippen MR) is 92.3 cm³/mol. The van der Waals surface area contributed by atoms with Crippen molar-refractivity contribution in [3.05, 3.63) is 70.2 Å². The van der Waals surface area contributed by atoms with Crippen LogP contribution >= 0.6 is 0 Å². The van der Waals surface area contributed by atoms with Gasteiger partial charge in [-0.1, -0.05) is 12.1 Å². The first kappa shape index (κ1) is 17.2. The van der Waals surface area contributed by atoms with Crippen molar-refractivity contribution >= 4 is 9.84 Å². The Morgan fingerprint density at radius 2 is 1.76 bits per heavy atom. The molecule has 3 rings (SSSR count). The number of aromatic nitrogens is 1. The van der Waals surface area contributed by atoms with E-state index in [0.29, 0.717) is 16.9 Å². The number of oxazole rings is 1. The molecule has 0 unspecified atom stereocenters. The minimum absolute atomic E-state index is 0.340. The Kier molecular flexibility index (Phi) is 4.12. The van der Waals surface area contributed by atoms with Crippen molar-refractivity contribution in [2.75, 3.05) is 6.26 Å². The van der Waals surface area contributed by atoms with E-state index < -0.39 is 21.4 Å². The highest BCUT2D eigenvalue weighted by atomic mass is 32.2. The number of aryl methyl sites for hydroxylation is 2. The number of hydrogen-bond acceptors (Lipinski definition) is 4. The molecule has 130 valence electrons. The number of nitrogens with zero attached hydrogens (tertiary/aromatic N) is 1. The smallest absolute Gasteiger partial charge is 0.415 e. The van der Waals surface area contributed by atoms with Gasteiger partial charge in [-0.05, 0) is 49.2 Å². The van der Waals surface area contributed by atoms with Crippen LogP contribution in [0.5, 0.6) is 0 Å². The van der Waals surface area contributed by atoms with Crippen molar-refractivity contribution in [3.8, 4) is 16.9 Å². The van der Waals surface area contributed by atoms with Crippen molar-refractivity contribution in [3.63, 3.8) is 0 Å². The molecule has 0 bridgehead atoms. The topological polar surface area (TPSA) is 69.3 Å². The first-order valence-corrected chi connectivity index (χ1v) is 9.36. The summed E-state index contributed by atoms with van der Waals surface area (Å²) in [5, 5.41) is 0. The molecule has 0 saturated carbocycles. The molecule has 0 fully saturated rings. The van der Waals surface area contributed by atoms with Crippen LogP contribution in [-0.2, 0) is 9.84 Å². The molecule has 0 saturated heterocycles. The minimum atomic E-state index is -3.67. The lowest BCUT2D eigenvalue weighted by Gasteiger charge is -2.09. The van der Waals surface area contributed by atoms with Gasteiger partial charge in [0.1, 0.15) is 17.0 Å². The van der Waals surface area contributed by atoms with Gasteiger partial charge in [-0.2, -0.15) is 0 Å². The first-order chi connectivity index (χ1) is 11.7.